The highest BCUT2D eigenvalue weighted by Gasteiger charge is 2.36. The lowest BCUT2D eigenvalue weighted by Gasteiger charge is -2.27. The van der Waals surface area contributed by atoms with Crippen LogP contribution in [0.5, 0.6) is 0 Å². The number of hydrogen-bond acceptors (Lipinski definition) is 4. The standard InChI is InChI=1S/C14H20N4O/c19-13-10-4-3-9-7-15-8-11(9)12(10)16-14(17-13)18-5-1-2-6-18/h9,11,15H,1-8H2,(H,16,17,19)/t9-,11+/m1/s1. The zero-order valence-electron chi connectivity index (χ0n) is 11.1. The maximum Gasteiger partial charge on any atom is 0.255 e. The summed E-state index contributed by atoms with van der Waals surface area (Å²) < 4.78 is 0. The van der Waals surface area contributed by atoms with Crippen LogP contribution >= 0.6 is 0 Å². The van der Waals surface area contributed by atoms with Crippen LogP contribution in [0, 0.1) is 5.92 Å². The van der Waals surface area contributed by atoms with Gasteiger partial charge in [0.15, 0.2) is 0 Å². The molecule has 1 aromatic rings. The van der Waals surface area contributed by atoms with Crippen molar-refractivity contribution in [3.63, 3.8) is 0 Å². The molecule has 0 unspecified atom stereocenters. The van der Waals surface area contributed by atoms with Gasteiger partial charge in [0.2, 0.25) is 5.95 Å². The summed E-state index contributed by atoms with van der Waals surface area (Å²) >= 11 is 0. The smallest absolute Gasteiger partial charge is 0.255 e. The Balaban J connectivity index is 1.78. The number of fused-ring (bicyclic) bond motifs is 3. The van der Waals surface area contributed by atoms with Gasteiger partial charge in [-0.2, -0.15) is 0 Å². The molecule has 2 aliphatic heterocycles. The van der Waals surface area contributed by atoms with Gasteiger partial charge in [-0.25, -0.2) is 4.98 Å². The van der Waals surface area contributed by atoms with Crippen LogP contribution in [0.2, 0.25) is 0 Å². The molecule has 5 nitrogen and oxygen atoms in total. The average molecular weight is 260 g/mol. The third kappa shape index (κ3) is 1.79. The van der Waals surface area contributed by atoms with Crippen molar-refractivity contribution in [2.75, 3.05) is 31.1 Å². The number of nitrogens with one attached hydrogen (secondary N) is 2. The maximum atomic E-state index is 12.3. The predicted octanol–water partition coefficient (Wildman–Crippen LogP) is 0.619. The molecule has 0 bridgehead atoms. The Bertz CT molecular complexity index is 547. The van der Waals surface area contributed by atoms with Gasteiger partial charge < -0.3 is 10.2 Å². The Hall–Kier alpha value is -1.36. The summed E-state index contributed by atoms with van der Waals surface area (Å²) in [5.41, 5.74) is 2.11. The molecule has 102 valence electrons. The van der Waals surface area contributed by atoms with Gasteiger partial charge >= 0.3 is 0 Å². The molecule has 2 N–H and O–H groups in total. The molecule has 0 saturated carbocycles. The Morgan fingerprint density at radius 3 is 2.89 bits per heavy atom. The SMILES string of the molecule is O=c1[nH]c(N2CCCC2)nc2c1CC[C@@H]1CNC[C@H]21. The summed E-state index contributed by atoms with van der Waals surface area (Å²) in [4.78, 5) is 22.3. The Kier molecular flexibility index (Phi) is 2.62. The third-order valence-corrected chi connectivity index (χ3v) is 4.90. The second-order valence-corrected chi connectivity index (χ2v) is 6.01. The first-order valence-corrected chi connectivity index (χ1v) is 7.41. The molecular formula is C14H20N4O. The van der Waals surface area contributed by atoms with Crippen LogP contribution in [0.4, 0.5) is 5.95 Å². The highest BCUT2D eigenvalue weighted by atomic mass is 16.1. The van der Waals surface area contributed by atoms with Crippen LogP contribution in [0.3, 0.4) is 0 Å². The number of hydrogen-bond donors (Lipinski definition) is 2. The van der Waals surface area contributed by atoms with Crippen molar-refractivity contribution in [2.45, 2.75) is 31.6 Å². The number of aromatic nitrogens is 2. The molecule has 5 heteroatoms. The summed E-state index contributed by atoms with van der Waals surface area (Å²) in [6, 6.07) is 0. The molecule has 0 spiro atoms. The lowest BCUT2D eigenvalue weighted by Crippen LogP contribution is -2.31. The van der Waals surface area contributed by atoms with Gasteiger partial charge in [0.1, 0.15) is 0 Å². The van der Waals surface area contributed by atoms with Gasteiger partial charge in [0, 0.05) is 31.1 Å². The van der Waals surface area contributed by atoms with E-state index < -0.39 is 0 Å². The van der Waals surface area contributed by atoms with Crippen molar-refractivity contribution >= 4 is 5.95 Å². The fraction of sp³-hybridized carbons (Fsp3) is 0.714. The van der Waals surface area contributed by atoms with Gasteiger partial charge in [0.25, 0.3) is 5.56 Å². The predicted molar refractivity (Wildman–Crippen MR) is 73.7 cm³/mol. The summed E-state index contributed by atoms with van der Waals surface area (Å²) in [6.45, 7) is 4.10. The van der Waals surface area contributed by atoms with Gasteiger partial charge in [0.05, 0.1) is 5.69 Å². The van der Waals surface area contributed by atoms with E-state index >= 15 is 0 Å². The highest BCUT2D eigenvalue weighted by molar-refractivity contribution is 5.37. The van der Waals surface area contributed by atoms with E-state index in [-0.39, 0.29) is 5.56 Å². The topological polar surface area (TPSA) is 61.0 Å². The lowest BCUT2D eigenvalue weighted by molar-refractivity contribution is 0.439. The lowest BCUT2D eigenvalue weighted by atomic mass is 9.80. The zero-order chi connectivity index (χ0) is 12.8. The third-order valence-electron chi connectivity index (χ3n) is 4.90. The fourth-order valence-electron chi connectivity index (χ4n) is 3.82. The van der Waals surface area contributed by atoms with Crippen LogP contribution in [0.25, 0.3) is 0 Å². The van der Waals surface area contributed by atoms with Crippen molar-refractivity contribution in [1.29, 1.82) is 0 Å². The normalized spacial score (nSPS) is 29.4. The Morgan fingerprint density at radius 2 is 2.05 bits per heavy atom. The van der Waals surface area contributed by atoms with Gasteiger partial charge in [-0.15, -0.1) is 0 Å². The van der Waals surface area contributed by atoms with Crippen molar-refractivity contribution in [3.05, 3.63) is 21.6 Å². The van der Waals surface area contributed by atoms with Crippen molar-refractivity contribution in [2.24, 2.45) is 5.92 Å². The molecule has 1 aromatic heterocycles. The van der Waals surface area contributed by atoms with E-state index in [1.807, 2.05) is 0 Å². The van der Waals surface area contributed by atoms with Crippen LogP contribution in [0.15, 0.2) is 4.79 Å². The minimum Gasteiger partial charge on any atom is -0.342 e. The summed E-state index contributed by atoms with van der Waals surface area (Å²) in [5.74, 6) is 1.93. The average Bonchev–Trinajstić information content (AvgIpc) is 3.09. The molecule has 1 aliphatic carbocycles. The summed E-state index contributed by atoms with van der Waals surface area (Å²) in [6.07, 6.45) is 4.42. The van der Waals surface area contributed by atoms with Crippen molar-refractivity contribution in [1.82, 2.24) is 15.3 Å². The molecule has 19 heavy (non-hydrogen) atoms. The van der Waals surface area contributed by atoms with Gasteiger partial charge in [-0.05, 0) is 38.1 Å². The van der Waals surface area contributed by atoms with Crippen molar-refractivity contribution < 1.29 is 0 Å². The van der Waals surface area contributed by atoms with E-state index in [0.717, 1.165) is 56.2 Å². The van der Waals surface area contributed by atoms with Gasteiger partial charge in [-0.3, -0.25) is 9.78 Å². The first-order valence-electron chi connectivity index (χ1n) is 7.41. The van der Waals surface area contributed by atoms with E-state index in [9.17, 15) is 4.79 Å². The first-order chi connectivity index (χ1) is 9.33. The first kappa shape index (κ1) is 11.5. The molecule has 2 atom stereocenters. The summed E-state index contributed by atoms with van der Waals surface area (Å²) in [5, 5.41) is 3.45. The number of nitrogens with zero attached hydrogens (tertiary/aromatic N) is 2. The highest BCUT2D eigenvalue weighted by Crippen LogP contribution is 2.36. The molecular weight excluding hydrogens is 240 g/mol. The van der Waals surface area contributed by atoms with E-state index in [4.69, 9.17) is 4.98 Å². The number of anilines is 1. The molecule has 0 aromatic carbocycles. The van der Waals surface area contributed by atoms with Crippen LogP contribution in [-0.2, 0) is 6.42 Å². The van der Waals surface area contributed by atoms with E-state index in [1.165, 1.54) is 12.8 Å². The maximum absolute atomic E-state index is 12.3. The molecule has 0 amide bonds. The Morgan fingerprint density at radius 1 is 1.21 bits per heavy atom. The number of aromatic amines is 1. The zero-order valence-corrected chi connectivity index (χ0v) is 11.1. The molecule has 0 radical (unpaired) electrons. The van der Waals surface area contributed by atoms with E-state index in [1.54, 1.807) is 0 Å². The molecule has 2 saturated heterocycles. The van der Waals surface area contributed by atoms with Crippen LogP contribution < -0.4 is 15.8 Å². The number of rotatable bonds is 1. The second-order valence-electron chi connectivity index (χ2n) is 6.01. The molecule has 4 rings (SSSR count). The van der Waals surface area contributed by atoms with Crippen LogP contribution in [-0.4, -0.2) is 36.1 Å². The Labute approximate surface area is 112 Å². The number of H-pyrrole nitrogens is 1. The molecule has 3 aliphatic rings. The van der Waals surface area contributed by atoms with Crippen LogP contribution in [0.1, 0.15) is 36.4 Å². The fourth-order valence-corrected chi connectivity index (χ4v) is 3.82. The summed E-state index contributed by atoms with van der Waals surface area (Å²) in [7, 11) is 0. The van der Waals surface area contributed by atoms with Crippen molar-refractivity contribution in [3.8, 4) is 0 Å². The van der Waals surface area contributed by atoms with Gasteiger partial charge in [-0.1, -0.05) is 0 Å². The van der Waals surface area contributed by atoms with E-state index in [2.05, 4.69) is 15.2 Å². The monoisotopic (exact) mass is 260 g/mol. The quantitative estimate of drug-likeness (QED) is 0.777. The minimum absolute atomic E-state index is 0.0947. The molecule has 3 heterocycles. The molecule has 2 fully saturated rings. The second kappa shape index (κ2) is 4.34. The van der Waals surface area contributed by atoms with E-state index in [0.29, 0.717) is 11.8 Å². The largest absolute Gasteiger partial charge is 0.342 e. The minimum atomic E-state index is 0.0947.